The van der Waals surface area contributed by atoms with Crippen LogP contribution in [0.3, 0.4) is 0 Å². The normalized spacial score (nSPS) is 9.78. The number of aryl methyl sites for hydroxylation is 1. The predicted molar refractivity (Wildman–Crippen MR) is 66.9 cm³/mol. The Balaban J connectivity index is 2.05. The third-order valence-electron chi connectivity index (χ3n) is 2.46. The molecule has 1 heterocycles. The standard InChI is InChI=1S/C13H12N4O/c1-17-9-11(8-15-17)13(18)16-12-4-2-10(3-5-12)6-7-14/h2-5,8-9H,6H2,1H3,(H,16,18). The van der Waals surface area contributed by atoms with Crippen molar-refractivity contribution in [3.05, 3.63) is 47.8 Å². The first-order valence-electron chi connectivity index (χ1n) is 5.45. The lowest BCUT2D eigenvalue weighted by molar-refractivity contribution is 0.102. The lowest BCUT2D eigenvalue weighted by Crippen LogP contribution is -2.10. The number of hydrogen-bond acceptors (Lipinski definition) is 3. The number of nitrogens with zero attached hydrogens (tertiary/aromatic N) is 3. The molecular weight excluding hydrogens is 228 g/mol. The lowest BCUT2D eigenvalue weighted by Gasteiger charge is -2.03. The summed E-state index contributed by atoms with van der Waals surface area (Å²) < 4.78 is 1.57. The van der Waals surface area contributed by atoms with E-state index in [0.29, 0.717) is 17.7 Å². The summed E-state index contributed by atoms with van der Waals surface area (Å²) in [5.41, 5.74) is 2.14. The molecule has 90 valence electrons. The summed E-state index contributed by atoms with van der Waals surface area (Å²) in [4.78, 5) is 11.8. The van der Waals surface area contributed by atoms with Crippen LogP contribution in [0.25, 0.3) is 0 Å². The van der Waals surface area contributed by atoms with Gasteiger partial charge in [0.1, 0.15) is 0 Å². The molecule has 1 amide bonds. The topological polar surface area (TPSA) is 70.7 Å². The van der Waals surface area contributed by atoms with Crippen LogP contribution in [-0.2, 0) is 13.5 Å². The van der Waals surface area contributed by atoms with Gasteiger partial charge >= 0.3 is 0 Å². The van der Waals surface area contributed by atoms with Crippen molar-refractivity contribution < 1.29 is 4.79 Å². The lowest BCUT2D eigenvalue weighted by atomic mass is 10.1. The van der Waals surface area contributed by atoms with Crippen LogP contribution in [0.2, 0.25) is 0 Å². The fourth-order valence-corrected chi connectivity index (χ4v) is 1.54. The fraction of sp³-hybridized carbons (Fsp3) is 0.154. The number of aromatic nitrogens is 2. The molecule has 2 rings (SSSR count). The Labute approximate surface area is 105 Å². The molecule has 0 atom stereocenters. The molecule has 1 aromatic heterocycles. The summed E-state index contributed by atoms with van der Waals surface area (Å²) >= 11 is 0. The molecule has 0 spiro atoms. The van der Waals surface area contributed by atoms with Crippen molar-refractivity contribution in [1.82, 2.24) is 9.78 Å². The molecule has 2 aromatic rings. The van der Waals surface area contributed by atoms with Gasteiger partial charge in [0, 0.05) is 18.9 Å². The number of hydrogen-bond donors (Lipinski definition) is 1. The van der Waals surface area contributed by atoms with E-state index in [1.165, 1.54) is 6.20 Å². The van der Waals surface area contributed by atoms with Gasteiger partial charge in [0.05, 0.1) is 24.3 Å². The molecule has 0 aliphatic rings. The Kier molecular flexibility index (Phi) is 3.39. The van der Waals surface area contributed by atoms with Crippen LogP contribution in [0.15, 0.2) is 36.7 Å². The molecule has 1 aromatic carbocycles. The predicted octanol–water partition coefficient (Wildman–Crippen LogP) is 1.74. The van der Waals surface area contributed by atoms with Crippen LogP contribution in [0.1, 0.15) is 15.9 Å². The van der Waals surface area contributed by atoms with Crippen LogP contribution in [-0.4, -0.2) is 15.7 Å². The van der Waals surface area contributed by atoms with E-state index >= 15 is 0 Å². The van der Waals surface area contributed by atoms with E-state index in [1.54, 1.807) is 30.1 Å². The molecular formula is C13H12N4O. The molecule has 18 heavy (non-hydrogen) atoms. The summed E-state index contributed by atoms with van der Waals surface area (Å²) in [5.74, 6) is -0.198. The number of rotatable bonds is 3. The third kappa shape index (κ3) is 2.74. The zero-order valence-electron chi connectivity index (χ0n) is 9.92. The Morgan fingerprint density at radius 1 is 1.44 bits per heavy atom. The Hall–Kier alpha value is -2.61. The molecule has 5 nitrogen and oxygen atoms in total. The van der Waals surface area contributed by atoms with E-state index < -0.39 is 0 Å². The highest BCUT2D eigenvalue weighted by Crippen LogP contribution is 2.11. The molecule has 1 N–H and O–H groups in total. The maximum Gasteiger partial charge on any atom is 0.258 e. The van der Waals surface area contributed by atoms with Gasteiger partial charge < -0.3 is 5.32 Å². The minimum atomic E-state index is -0.198. The van der Waals surface area contributed by atoms with Crippen molar-refractivity contribution in [1.29, 1.82) is 5.26 Å². The summed E-state index contributed by atoms with van der Waals surface area (Å²) in [5, 5.41) is 15.3. The van der Waals surface area contributed by atoms with Crippen molar-refractivity contribution in [2.45, 2.75) is 6.42 Å². The number of benzene rings is 1. The fourth-order valence-electron chi connectivity index (χ4n) is 1.54. The van der Waals surface area contributed by atoms with Crippen LogP contribution < -0.4 is 5.32 Å². The first-order chi connectivity index (χ1) is 8.69. The molecule has 0 unspecified atom stereocenters. The summed E-state index contributed by atoms with van der Waals surface area (Å²) in [6, 6.07) is 9.27. The van der Waals surface area contributed by atoms with Gasteiger partial charge in [-0.05, 0) is 17.7 Å². The molecule has 0 radical (unpaired) electrons. The monoisotopic (exact) mass is 240 g/mol. The number of carbonyl (C=O) groups excluding carboxylic acids is 1. The molecule has 5 heteroatoms. The van der Waals surface area contributed by atoms with Crippen molar-refractivity contribution in [3.8, 4) is 6.07 Å². The molecule has 0 aliphatic heterocycles. The van der Waals surface area contributed by atoms with Crippen molar-refractivity contribution in [2.75, 3.05) is 5.32 Å². The molecule has 0 bridgehead atoms. The largest absolute Gasteiger partial charge is 0.322 e. The summed E-state index contributed by atoms with van der Waals surface area (Å²) in [6.45, 7) is 0. The molecule has 0 fully saturated rings. The maximum atomic E-state index is 11.8. The van der Waals surface area contributed by atoms with Gasteiger partial charge in [0.2, 0.25) is 0 Å². The van der Waals surface area contributed by atoms with Crippen molar-refractivity contribution in [3.63, 3.8) is 0 Å². The number of nitriles is 1. The van der Waals surface area contributed by atoms with Gasteiger partial charge in [-0.15, -0.1) is 0 Å². The average Bonchev–Trinajstić information content (AvgIpc) is 2.79. The highest BCUT2D eigenvalue weighted by molar-refractivity contribution is 6.03. The maximum absolute atomic E-state index is 11.8. The smallest absolute Gasteiger partial charge is 0.258 e. The van der Waals surface area contributed by atoms with Crippen molar-refractivity contribution >= 4 is 11.6 Å². The van der Waals surface area contributed by atoms with E-state index in [1.807, 2.05) is 12.1 Å². The van der Waals surface area contributed by atoms with Gasteiger partial charge in [-0.2, -0.15) is 10.4 Å². The van der Waals surface area contributed by atoms with Crippen LogP contribution in [0.5, 0.6) is 0 Å². The SMILES string of the molecule is Cn1cc(C(=O)Nc2ccc(CC#N)cc2)cn1. The third-order valence-corrected chi connectivity index (χ3v) is 2.46. The van der Waals surface area contributed by atoms with Gasteiger partial charge in [-0.3, -0.25) is 9.48 Å². The van der Waals surface area contributed by atoms with E-state index in [-0.39, 0.29) is 5.91 Å². The van der Waals surface area contributed by atoms with Gasteiger partial charge in [0.25, 0.3) is 5.91 Å². The first kappa shape index (κ1) is 11.9. The second-order valence-electron chi connectivity index (χ2n) is 3.89. The van der Waals surface area contributed by atoms with Gasteiger partial charge in [-0.25, -0.2) is 0 Å². The second-order valence-corrected chi connectivity index (χ2v) is 3.89. The number of anilines is 1. The minimum Gasteiger partial charge on any atom is -0.322 e. The quantitative estimate of drug-likeness (QED) is 0.888. The zero-order valence-corrected chi connectivity index (χ0v) is 9.92. The Bertz CT molecular complexity index is 592. The minimum absolute atomic E-state index is 0.198. The van der Waals surface area contributed by atoms with Crippen LogP contribution >= 0.6 is 0 Å². The van der Waals surface area contributed by atoms with E-state index in [4.69, 9.17) is 5.26 Å². The van der Waals surface area contributed by atoms with Gasteiger partial charge in [0.15, 0.2) is 0 Å². The second kappa shape index (κ2) is 5.15. The highest BCUT2D eigenvalue weighted by atomic mass is 16.1. The van der Waals surface area contributed by atoms with E-state index in [2.05, 4.69) is 16.5 Å². The summed E-state index contributed by atoms with van der Waals surface area (Å²) in [7, 11) is 1.76. The average molecular weight is 240 g/mol. The van der Waals surface area contributed by atoms with E-state index in [9.17, 15) is 4.79 Å². The zero-order chi connectivity index (χ0) is 13.0. The van der Waals surface area contributed by atoms with Gasteiger partial charge in [-0.1, -0.05) is 12.1 Å². The van der Waals surface area contributed by atoms with Crippen LogP contribution in [0.4, 0.5) is 5.69 Å². The van der Waals surface area contributed by atoms with Crippen molar-refractivity contribution in [2.24, 2.45) is 7.05 Å². The number of carbonyl (C=O) groups is 1. The molecule has 0 saturated carbocycles. The number of nitrogens with one attached hydrogen (secondary N) is 1. The Morgan fingerprint density at radius 2 is 2.17 bits per heavy atom. The number of amides is 1. The Morgan fingerprint density at radius 3 is 2.72 bits per heavy atom. The van der Waals surface area contributed by atoms with E-state index in [0.717, 1.165) is 5.56 Å². The first-order valence-corrected chi connectivity index (χ1v) is 5.45. The highest BCUT2D eigenvalue weighted by Gasteiger charge is 2.07. The van der Waals surface area contributed by atoms with Crippen LogP contribution in [0, 0.1) is 11.3 Å². The molecule has 0 aliphatic carbocycles. The summed E-state index contributed by atoms with van der Waals surface area (Å²) in [6.07, 6.45) is 3.54. The molecule has 0 saturated heterocycles.